The summed E-state index contributed by atoms with van der Waals surface area (Å²) in [6, 6.07) is 4.12. The highest BCUT2D eigenvalue weighted by atomic mass is 35.5. The van der Waals surface area contributed by atoms with Crippen molar-refractivity contribution in [3.63, 3.8) is 0 Å². The molecule has 2 aromatic rings. The Morgan fingerprint density at radius 1 is 1.58 bits per heavy atom. The van der Waals surface area contributed by atoms with Gasteiger partial charge in [0.2, 0.25) is 0 Å². The van der Waals surface area contributed by atoms with Crippen LogP contribution in [0.3, 0.4) is 0 Å². The lowest BCUT2D eigenvalue weighted by Crippen LogP contribution is -2.08. The molecule has 19 heavy (non-hydrogen) atoms. The van der Waals surface area contributed by atoms with E-state index >= 15 is 0 Å². The minimum atomic E-state index is -0.512. The molecule has 1 unspecified atom stereocenters. The molecular formula is C11H12ClN5O2. The molecule has 0 bridgehead atoms. The molecule has 0 aliphatic heterocycles. The number of rotatable bonds is 4. The third-order valence-corrected chi connectivity index (χ3v) is 2.95. The minimum absolute atomic E-state index is 0.131. The van der Waals surface area contributed by atoms with E-state index in [9.17, 15) is 10.1 Å². The van der Waals surface area contributed by atoms with Gasteiger partial charge in [0.05, 0.1) is 22.9 Å². The van der Waals surface area contributed by atoms with Gasteiger partial charge in [-0.2, -0.15) is 0 Å². The van der Waals surface area contributed by atoms with E-state index in [4.69, 9.17) is 17.3 Å². The number of nitrogens with zero attached hydrogens (tertiary/aromatic N) is 4. The summed E-state index contributed by atoms with van der Waals surface area (Å²) < 4.78 is 1.33. The Morgan fingerprint density at radius 3 is 2.95 bits per heavy atom. The van der Waals surface area contributed by atoms with Crippen LogP contribution in [0.15, 0.2) is 24.4 Å². The zero-order valence-corrected chi connectivity index (χ0v) is 10.9. The second-order valence-corrected chi connectivity index (χ2v) is 4.43. The van der Waals surface area contributed by atoms with E-state index in [2.05, 4.69) is 10.3 Å². The van der Waals surface area contributed by atoms with Crippen LogP contribution in [0.5, 0.6) is 0 Å². The summed E-state index contributed by atoms with van der Waals surface area (Å²) in [6.45, 7) is 1.93. The number of nitro benzene ring substituents is 1. The molecule has 0 saturated carbocycles. The molecule has 7 nitrogen and oxygen atoms in total. The molecule has 0 fully saturated rings. The van der Waals surface area contributed by atoms with E-state index in [0.717, 1.165) is 0 Å². The van der Waals surface area contributed by atoms with Gasteiger partial charge in [-0.1, -0.05) is 23.7 Å². The lowest BCUT2D eigenvalue weighted by molar-refractivity contribution is -0.384. The fourth-order valence-electron chi connectivity index (χ4n) is 1.61. The maximum absolute atomic E-state index is 11.0. The van der Waals surface area contributed by atoms with E-state index in [0.29, 0.717) is 22.8 Å². The summed E-state index contributed by atoms with van der Waals surface area (Å²) in [7, 11) is 0. The van der Waals surface area contributed by atoms with Gasteiger partial charge in [-0.3, -0.25) is 10.1 Å². The monoisotopic (exact) mass is 281 g/mol. The van der Waals surface area contributed by atoms with E-state index in [-0.39, 0.29) is 11.7 Å². The summed E-state index contributed by atoms with van der Waals surface area (Å²) >= 11 is 5.76. The van der Waals surface area contributed by atoms with Gasteiger partial charge in [-0.15, -0.1) is 5.10 Å². The molecule has 0 spiro atoms. The van der Waals surface area contributed by atoms with Crippen molar-refractivity contribution in [2.24, 2.45) is 5.73 Å². The Kier molecular flexibility index (Phi) is 3.77. The molecule has 1 atom stereocenters. The quantitative estimate of drug-likeness (QED) is 0.684. The van der Waals surface area contributed by atoms with Gasteiger partial charge >= 0.3 is 0 Å². The molecule has 100 valence electrons. The first-order chi connectivity index (χ1) is 9.02. The summed E-state index contributed by atoms with van der Waals surface area (Å²) in [4.78, 5) is 10.5. The Hall–Kier alpha value is -1.99. The molecule has 1 aromatic carbocycles. The lowest BCUT2D eigenvalue weighted by Gasteiger charge is -2.03. The van der Waals surface area contributed by atoms with Gasteiger partial charge in [0.25, 0.3) is 5.69 Å². The van der Waals surface area contributed by atoms with Gasteiger partial charge in [-0.05, 0) is 18.6 Å². The molecule has 0 aliphatic carbocycles. The first-order valence-electron chi connectivity index (χ1n) is 5.65. The summed E-state index contributed by atoms with van der Waals surface area (Å²) in [6.07, 6.45) is 2.30. The Morgan fingerprint density at radius 2 is 2.32 bits per heavy atom. The van der Waals surface area contributed by atoms with Crippen molar-refractivity contribution in [3.8, 4) is 5.69 Å². The number of benzene rings is 1. The third kappa shape index (κ3) is 2.72. The van der Waals surface area contributed by atoms with Crippen LogP contribution >= 0.6 is 11.6 Å². The first-order valence-corrected chi connectivity index (χ1v) is 6.03. The van der Waals surface area contributed by atoms with E-state index < -0.39 is 4.92 Å². The van der Waals surface area contributed by atoms with Gasteiger partial charge in [0, 0.05) is 11.1 Å². The molecule has 2 N–H and O–H groups in total. The van der Waals surface area contributed by atoms with Crippen LogP contribution in [-0.4, -0.2) is 19.9 Å². The Balaban J connectivity index is 2.47. The van der Waals surface area contributed by atoms with Crippen molar-refractivity contribution in [3.05, 3.63) is 45.2 Å². The van der Waals surface area contributed by atoms with E-state index in [1.54, 1.807) is 12.3 Å². The molecule has 0 aliphatic rings. The van der Waals surface area contributed by atoms with Crippen molar-refractivity contribution in [2.75, 3.05) is 0 Å². The Bertz CT molecular complexity index is 613. The number of hydrogen-bond acceptors (Lipinski definition) is 5. The van der Waals surface area contributed by atoms with Crippen LogP contribution in [0.1, 0.15) is 25.1 Å². The maximum Gasteiger partial charge on any atom is 0.296 e. The van der Waals surface area contributed by atoms with Crippen LogP contribution in [-0.2, 0) is 0 Å². The highest BCUT2D eigenvalue weighted by Gasteiger charge is 2.18. The molecule has 1 heterocycles. The number of nitrogens with two attached hydrogens (primary N) is 1. The van der Waals surface area contributed by atoms with Crippen molar-refractivity contribution in [1.82, 2.24) is 15.0 Å². The van der Waals surface area contributed by atoms with Crippen molar-refractivity contribution >= 4 is 17.3 Å². The van der Waals surface area contributed by atoms with Gasteiger partial charge in [0.15, 0.2) is 0 Å². The molecular weight excluding hydrogens is 270 g/mol. The number of aromatic nitrogens is 3. The van der Waals surface area contributed by atoms with Crippen molar-refractivity contribution in [2.45, 2.75) is 19.4 Å². The second kappa shape index (κ2) is 5.33. The number of halogens is 1. The van der Waals surface area contributed by atoms with Crippen LogP contribution in [0, 0.1) is 10.1 Å². The molecule has 0 radical (unpaired) electrons. The standard InChI is InChI=1S/C11H12ClN5O2/c1-2-8(13)9-6-16(15-14-9)10-4-3-7(12)5-11(10)17(18)19/h3-6,8H,2,13H2,1H3. The average Bonchev–Trinajstić information content (AvgIpc) is 2.87. The van der Waals surface area contributed by atoms with E-state index in [1.807, 2.05) is 6.92 Å². The topological polar surface area (TPSA) is 99.9 Å². The molecule has 2 rings (SSSR count). The van der Waals surface area contributed by atoms with E-state index in [1.165, 1.54) is 16.8 Å². The normalized spacial score (nSPS) is 12.4. The third-order valence-electron chi connectivity index (χ3n) is 2.71. The fourth-order valence-corrected chi connectivity index (χ4v) is 1.78. The minimum Gasteiger partial charge on any atom is -0.323 e. The zero-order valence-electron chi connectivity index (χ0n) is 10.2. The van der Waals surface area contributed by atoms with Crippen molar-refractivity contribution < 1.29 is 4.92 Å². The molecule has 0 amide bonds. The van der Waals surface area contributed by atoms with Crippen LogP contribution in [0.2, 0.25) is 5.02 Å². The molecule has 1 aromatic heterocycles. The summed E-state index contributed by atoms with van der Waals surface area (Å²) in [5.74, 6) is 0. The van der Waals surface area contributed by atoms with Gasteiger partial charge < -0.3 is 5.73 Å². The fraction of sp³-hybridized carbons (Fsp3) is 0.273. The highest BCUT2D eigenvalue weighted by Crippen LogP contribution is 2.26. The largest absolute Gasteiger partial charge is 0.323 e. The summed E-state index contributed by atoms with van der Waals surface area (Å²) in [5.41, 5.74) is 6.60. The lowest BCUT2D eigenvalue weighted by atomic mass is 10.2. The van der Waals surface area contributed by atoms with Gasteiger partial charge in [-0.25, -0.2) is 4.68 Å². The SMILES string of the molecule is CCC(N)c1cn(-c2ccc(Cl)cc2[N+](=O)[O-])nn1. The smallest absolute Gasteiger partial charge is 0.296 e. The number of nitro groups is 1. The van der Waals surface area contributed by atoms with Gasteiger partial charge in [0.1, 0.15) is 5.69 Å². The first kappa shape index (κ1) is 13.4. The molecule has 8 heteroatoms. The van der Waals surface area contributed by atoms with Crippen LogP contribution < -0.4 is 5.73 Å². The predicted octanol–water partition coefficient (Wildman–Crippen LogP) is 2.24. The highest BCUT2D eigenvalue weighted by molar-refractivity contribution is 6.30. The zero-order chi connectivity index (χ0) is 14.0. The Labute approximate surface area is 114 Å². The average molecular weight is 282 g/mol. The predicted molar refractivity (Wildman–Crippen MR) is 70.2 cm³/mol. The number of hydrogen-bond donors (Lipinski definition) is 1. The van der Waals surface area contributed by atoms with Crippen LogP contribution in [0.4, 0.5) is 5.69 Å². The maximum atomic E-state index is 11.0. The van der Waals surface area contributed by atoms with Crippen LogP contribution in [0.25, 0.3) is 5.69 Å². The van der Waals surface area contributed by atoms with Crippen molar-refractivity contribution in [1.29, 1.82) is 0 Å². The second-order valence-electron chi connectivity index (χ2n) is 3.99. The summed E-state index contributed by atoms with van der Waals surface area (Å²) in [5, 5.41) is 19.1. The molecule has 0 saturated heterocycles.